The van der Waals surface area contributed by atoms with Crippen molar-refractivity contribution < 1.29 is 26.7 Å². The van der Waals surface area contributed by atoms with E-state index in [0.717, 1.165) is 5.69 Å². The summed E-state index contributed by atoms with van der Waals surface area (Å²) in [6.07, 6.45) is 2.97. The van der Waals surface area contributed by atoms with Crippen molar-refractivity contribution in [2.45, 2.75) is 19.4 Å². The summed E-state index contributed by atoms with van der Waals surface area (Å²) in [5, 5.41) is 0.691. The number of alkyl halides is 1. The molecule has 1 atom stereocenters. The Bertz CT molecular complexity index is 1790. The lowest BCUT2D eigenvalue weighted by Gasteiger charge is -2.36. The van der Waals surface area contributed by atoms with Crippen LogP contribution in [0.1, 0.15) is 13.3 Å². The summed E-state index contributed by atoms with van der Waals surface area (Å²) >= 11 is 0. The Balaban J connectivity index is 1.57. The summed E-state index contributed by atoms with van der Waals surface area (Å²) in [6.45, 7) is 5.03. The molecule has 2 aromatic carbocycles. The maximum atomic E-state index is 16.1. The molecule has 2 aromatic heterocycles. The SMILES string of the molecule is C[C@@H]1COCCN1c1nc(-c2cnc(N)nc2)nc2c(N3CCOCC3)cc(-c3cccc(NS(=O)(=O)CCCF)c3F)cc12. The van der Waals surface area contributed by atoms with E-state index in [1.807, 2.05) is 19.1 Å². The molecule has 12 nitrogen and oxygen atoms in total. The third-order valence-electron chi connectivity index (χ3n) is 7.80. The molecular weight excluding hydrogens is 606 g/mol. The topological polar surface area (TPSA) is 149 Å². The van der Waals surface area contributed by atoms with Crippen molar-refractivity contribution in [1.82, 2.24) is 19.9 Å². The Morgan fingerprint density at radius 2 is 1.80 bits per heavy atom. The second kappa shape index (κ2) is 13.0. The number of hydrogen-bond acceptors (Lipinski definition) is 11. The minimum Gasteiger partial charge on any atom is -0.378 e. The first-order chi connectivity index (χ1) is 21.7. The van der Waals surface area contributed by atoms with E-state index in [9.17, 15) is 12.8 Å². The second-order valence-electron chi connectivity index (χ2n) is 10.9. The highest BCUT2D eigenvalue weighted by Gasteiger charge is 2.27. The predicted octanol–water partition coefficient (Wildman–Crippen LogP) is 3.64. The zero-order valence-electron chi connectivity index (χ0n) is 24.7. The number of nitrogens with two attached hydrogens (primary N) is 1. The van der Waals surface area contributed by atoms with Crippen LogP contribution in [0.3, 0.4) is 0 Å². The van der Waals surface area contributed by atoms with Gasteiger partial charge in [-0.05, 0) is 37.1 Å². The molecule has 238 valence electrons. The van der Waals surface area contributed by atoms with Gasteiger partial charge in [0.25, 0.3) is 0 Å². The van der Waals surface area contributed by atoms with Gasteiger partial charge in [0, 0.05) is 43.0 Å². The molecule has 2 aliphatic heterocycles. The summed E-state index contributed by atoms with van der Waals surface area (Å²) < 4.78 is 67.4. The summed E-state index contributed by atoms with van der Waals surface area (Å²) in [6, 6.07) is 8.20. The Labute approximate surface area is 259 Å². The monoisotopic (exact) mass is 640 g/mol. The van der Waals surface area contributed by atoms with E-state index >= 15 is 4.39 Å². The van der Waals surface area contributed by atoms with Crippen LogP contribution < -0.4 is 20.3 Å². The molecule has 2 fully saturated rings. The molecule has 3 N–H and O–H groups in total. The van der Waals surface area contributed by atoms with Crippen LogP contribution in [0.15, 0.2) is 42.7 Å². The van der Waals surface area contributed by atoms with Gasteiger partial charge < -0.3 is 25.0 Å². The number of nitrogens with one attached hydrogen (secondary N) is 1. The number of nitrogen functional groups attached to an aromatic ring is 1. The highest BCUT2D eigenvalue weighted by atomic mass is 32.2. The van der Waals surface area contributed by atoms with Gasteiger partial charge in [0.2, 0.25) is 16.0 Å². The lowest BCUT2D eigenvalue weighted by molar-refractivity contribution is 0.0987. The van der Waals surface area contributed by atoms with Crippen LogP contribution >= 0.6 is 0 Å². The van der Waals surface area contributed by atoms with Gasteiger partial charge in [-0.2, -0.15) is 0 Å². The van der Waals surface area contributed by atoms with Gasteiger partial charge in [0.15, 0.2) is 11.6 Å². The molecule has 4 heterocycles. The van der Waals surface area contributed by atoms with E-state index in [1.54, 1.807) is 24.5 Å². The summed E-state index contributed by atoms with van der Waals surface area (Å²) in [4.78, 5) is 22.5. The molecule has 0 radical (unpaired) electrons. The van der Waals surface area contributed by atoms with E-state index in [0.29, 0.717) is 79.7 Å². The molecule has 0 saturated carbocycles. The van der Waals surface area contributed by atoms with Crippen LogP contribution in [0.2, 0.25) is 0 Å². The van der Waals surface area contributed by atoms with Crippen LogP contribution in [0.4, 0.5) is 31.9 Å². The van der Waals surface area contributed by atoms with Crippen molar-refractivity contribution >= 4 is 44.1 Å². The van der Waals surface area contributed by atoms with Gasteiger partial charge in [-0.15, -0.1) is 0 Å². The quantitative estimate of drug-likeness (QED) is 0.276. The van der Waals surface area contributed by atoms with Crippen LogP contribution in [-0.2, 0) is 19.5 Å². The van der Waals surface area contributed by atoms with E-state index in [4.69, 9.17) is 25.2 Å². The standard InChI is InChI=1S/C30H34F2N8O4S/c1-19-18-44-12-9-40(19)29-23-14-20(22-4-2-5-24(26(22)32)38-45(41,42)13-3-6-31)15-25(39-7-10-43-11-8-39)27(23)36-28(37-29)21-16-34-30(33)35-17-21/h2,4-5,14-17,19,38H,3,6-13,18H2,1H3,(H2,33,34,35)/t19-/m1/s1. The molecule has 0 unspecified atom stereocenters. The largest absolute Gasteiger partial charge is 0.378 e. The molecule has 2 aliphatic rings. The average Bonchev–Trinajstić information content (AvgIpc) is 3.05. The predicted molar refractivity (Wildman–Crippen MR) is 169 cm³/mol. The molecule has 2 saturated heterocycles. The zero-order valence-corrected chi connectivity index (χ0v) is 25.6. The van der Waals surface area contributed by atoms with E-state index in [1.165, 1.54) is 6.07 Å². The number of aromatic nitrogens is 4. The third kappa shape index (κ3) is 6.60. The molecular formula is C30H34F2N8O4S. The van der Waals surface area contributed by atoms with Crippen molar-refractivity contribution in [3.05, 3.63) is 48.5 Å². The number of halogens is 2. The first-order valence-corrected chi connectivity index (χ1v) is 16.4. The van der Waals surface area contributed by atoms with Crippen molar-refractivity contribution in [2.75, 3.05) is 78.7 Å². The summed E-state index contributed by atoms with van der Waals surface area (Å²) in [5.74, 6) is -0.0122. The second-order valence-corrected chi connectivity index (χ2v) is 12.8. The number of benzene rings is 2. The van der Waals surface area contributed by atoms with Gasteiger partial charge in [-0.1, -0.05) is 12.1 Å². The molecule has 6 rings (SSSR count). The number of fused-ring (bicyclic) bond motifs is 1. The van der Waals surface area contributed by atoms with Gasteiger partial charge in [-0.3, -0.25) is 9.11 Å². The molecule has 4 aromatic rings. The molecule has 0 amide bonds. The number of morpholine rings is 2. The normalized spacial score (nSPS) is 17.5. The molecule has 0 spiro atoms. The average molecular weight is 641 g/mol. The Morgan fingerprint density at radius 3 is 2.53 bits per heavy atom. The number of hydrogen-bond donors (Lipinski definition) is 2. The number of sulfonamides is 1. The number of nitrogens with zero attached hydrogens (tertiary/aromatic N) is 6. The van der Waals surface area contributed by atoms with E-state index < -0.39 is 28.3 Å². The fourth-order valence-electron chi connectivity index (χ4n) is 5.54. The maximum Gasteiger partial charge on any atom is 0.232 e. The van der Waals surface area contributed by atoms with Gasteiger partial charge in [0.05, 0.1) is 67.4 Å². The fraction of sp³-hybridized carbons (Fsp3) is 0.400. The van der Waals surface area contributed by atoms with E-state index in [2.05, 4.69) is 24.5 Å². The van der Waals surface area contributed by atoms with Gasteiger partial charge in [-0.25, -0.2) is 32.7 Å². The van der Waals surface area contributed by atoms with Crippen LogP contribution in [0, 0.1) is 5.82 Å². The number of ether oxygens (including phenoxy) is 2. The lowest BCUT2D eigenvalue weighted by Crippen LogP contribution is -2.44. The maximum absolute atomic E-state index is 16.1. The molecule has 0 aliphatic carbocycles. The number of anilines is 4. The van der Waals surface area contributed by atoms with Crippen LogP contribution in [-0.4, -0.2) is 92.9 Å². The number of rotatable bonds is 9. The Kier molecular flexibility index (Phi) is 8.92. The minimum absolute atomic E-state index is 0.0124. The molecule has 45 heavy (non-hydrogen) atoms. The molecule has 15 heteroatoms. The van der Waals surface area contributed by atoms with Crippen molar-refractivity contribution in [3.8, 4) is 22.5 Å². The molecule has 0 bridgehead atoms. The fourth-order valence-corrected chi connectivity index (χ4v) is 6.62. The zero-order chi connectivity index (χ0) is 31.6. The smallest absolute Gasteiger partial charge is 0.232 e. The highest BCUT2D eigenvalue weighted by Crippen LogP contribution is 2.40. The van der Waals surface area contributed by atoms with Gasteiger partial charge >= 0.3 is 0 Å². The lowest BCUT2D eigenvalue weighted by atomic mass is 9.99. The van der Waals surface area contributed by atoms with Crippen molar-refractivity contribution in [2.24, 2.45) is 0 Å². The Hall–Kier alpha value is -4.21. The first kappa shape index (κ1) is 30.8. The third-order valence-corrected chi connectivity index (χ3v) is 9.16. The van der Waals surface area contributed by atoms with Gasteiger partial charge in [0.1, 0.15) is 5.82 Å². The Morgan fingerprint density at radius 1 is 1.04 bits per heavy atom. The highest BCUT2D eigenvalue weighted by molar-refractivity contribution is 7.92. The van der Waals surface area contributed by atoms with E-state index in [-0.39, 0.29) is 29.7 Å². The minimum atomic E-state index is -3.95. The first-order valence-electron chi connectivity index (χ1n) is 14.7. The van der Waals surface area contributed by atoms with Crippen LogP contribution in [0.25, 0.3) is 33.4 Å². The summed E-state index contributed by atoms with van der Waals surface area (Å²) in [7, 11) is -3.95. The van der Waals surface area contributed by atoms with Crippen molar-refractivity contribution in [1.29, 1.82) is 0 Å². The summed E-state index contributed by atoms with van der Waals surface area (Å²) in [5.41, 5.74) is 8.23. The van der Waals surface area contributed by atoms with Crippen LogP contribution in [0.5, 0.6) is 0 Å². The van der Waals surface area contributed by atoms with Crippen molar-refractivity contribution in [3.63, 3.8) is 0 Å².